The van der Waals surface area contributed by atoms with Crippen LogP contribution >= 0.6 is 0 Å². The number of aromatic nitrogens is 3. The Kier molecular flexibility index (Phi) is 3.69. The summed E-state index contributed by atoms with van der Waals surface area (Å²) in [4.78, 5) is 4.20. The van der Waals surface area contributed by atoms with Gasteiger partial charge in [-0.15, -0.1) is 0 Å². The van der Waals surface area contributed by atoms with Crippen molar-refractivity contribution >= 4 is 0 Å². The first-order chi connectivity index (χ1) is 7.40. The first kappa shape index (κ1) is 10.6. The van der Waals surface area contributed by atoms with Crippen molar-refractivity contribution in [2.45, 2.75) is 39.0 Å². The molecule has 1 atom stereocenters. The van der Waals surface area contributed by atoms with Gasteiger partial charge in [0.1, 0.15) is 12.9 Å². The standard InChI is InChI=1S/C10H18N4O/c1-2-5-14-10(12-8-13-14)7-15-9-3-4-11-6-9/h8-9,11H,2-7H2,1H3. The summed E-state index contributed by atoms with van der Waals surface area (Å²) >= 11 is 0. The maximum Gasteiger partial charge on any atom is 0.152 e. The third kappa shape index (κ3) is 2.76. The molecule has 1 aromatic rings. The van der Waals surface area contributed by atoms with Crippen molar-refractivity contribution < 1.29 is 4.74 Å². The summed E-state index contributed by atoms with van der Waals surface area (Å²) in [7, 11) is 0. The molecule has 2 heterocycles. The third-order valence-electron chi connectivity index (χ3n) is 2.59. The van der Waals surface area contributed by atoms with Crippen LogP contribution in [0.5, 0.6) is 0 Å². The molecule has 0 radical (unpaired) electrons. The first-order valence-corrected chi connectivity index (χ1v) is 5.59. The highest BCUT2D eigenvalue weighted by Crippen LogP contribution is 2.06. The molecule has 1 fully saturated rings. The summed E-state index contributed by atoms with van der Waals surface area (Å²) in [5.74, 6) is 0.934. The average Bonchev–Trinajstić information content (AvgIpc) is 2.85. The molecule has 1 unspecified atom stereocenters. The van der Waals surface area contributed by atoms with Crippen molar-refractivity contribution in [2.75, 3.05) is 13.1 Å². The second-order valence-electron chi connectivity index (χ2n) is 3.83. The number of hydrogen-bond donors (Lipinski definition) is 1. The van der Waals surface area contributed by atoms with Crippen LogP contribution in [-0.4, -0.2) is 34.0 Å². The van der Waals surface area contributed by atoms with Gasteiger partial charge in [0, 0.05) is 13.1 Å². The fourth-order valence-corrected chi connectivity index (χ4v) is 1.76. The summed E-state index contributed by atoms with van der Waals surface area (Å²) in [5, 5.41) is 7.44. The van der Waals surface area contributed by atoms with E-state index in [9.17, 15) is 0 Å². The van der Waals surface area contributed by atoms with E-state index in [1.165, 1.54) is 0 Å². The van der Waals surface area contributed by atoms with Crippen molar-refractivity contribution in [3.63, 3.8) is 0 Å². The lowest BCUT2D eigenvalue weighted by atomic mass is 10.3. The Morgan fingerprint density at radius 2 is 2.60 bits per heavy atom. The summed E-state index contributed by atoms with van der Waals surface area (Å²) in [5.41, 5.74) is 0. The smallest absolute Gasteiger partial charge is 0.152 e. The van der Waals surface area contributed by atoms with Crippen LogP contribution in [0.25, 0.3) is 0 Å². The maximum atomic E-state index is 5.75. The lowest BCUT2D eigenvalue weighted by Gasteiger charge is -2.10. The highest BCUT2D eigenvalue weighted by atomic mass is 16.5. The SMILES string of the molecule is CCCn1ncnc1COC1CCNC1. The van der Waals surface area contributed by atoms with Crippen molar-refractivity contribution in [2.24, 2.45) is 0 Å². The Balaban J connectivity index is 1.83. The Bertz CT molecular complexity index is 293. The second-order valence-corrected chi connectivity index (χ2v) is 3.83. The summed E-state index contributed by atoms with van der Waals surface area (Å²) in [6, 6.07) is 0. The molecule has 0 aromatic carbocycles. The largest absolute Gasteiger partial charge is 0.369 e. The van der Waals surface area contributed by atoms with Gasteiger partial charge in [-0.1, -0.05) is 6.92 Å². The number of aryl methyl sites for hydroxylation is 1. The zero-order valence-electron chi connectivity index (χ0n) is 9.15. The van der Waals surface area contributed by atoms with E-state index in [-0.39, 0.29) is 0 Å². The second kappa shape index (κ2) is 5.23. The predicted octanol–water partition coefficient (Wildman–Crippen LogP) is 0.567. The van der Waals surface area contributed by atoms with E-state index in [1.54, 1.807) is 6.33 Å². The quantitative estimate of drug-likeness (QED) is 0.772. The normalized spacial score (nSPS) is 21.0. The van der Waals surface area contributed by atoms with Crippen LogP contribution in [0.3, 0.4) is 0 Å². The van der Waals surface area contributed by atoms with Gasteiger partial charge >= 0.3 is 0 Å². The van der Waals surface area contributed by atoms with Gasteiger partial charge in [-0.2, -0.15) is 5.10 Å². The Hall–Kier alpha value is -0.940. The lowest BCUT2D eigenvalue weighted by molar-refractivity contribution is 0.0478. The third-order valence-corrected chi connectivity index (χ3v) is 2.59. The summed E-state index contributed by atoms with van der Waals surface area (Å²) in [6.07, 6.45) is 4.11. The Morgan fingerprint density at radius 3 is 3.33 bits per heavy atom. The molecule has 1 aliphatic rings. The van der Waals surface area contributed by atoms with Crippen LogP contribution in [0, 0.1) is 0 Å². The van der Waals surface area contributed by atoms with Gasteiger partial charge in [-0.05, 0) is 19.4 Å². The number of rotatable bonds is 5. The molecule has 15 heavy (non-hydrogen) atoms. The summed E-state index contributed by atoms with van der Waals surface area (Å²) < 4.78 is 7.67. The van der Waals surface area contributed by atoms with Gasteiger partial charge in [-0.25, -0.2) is 9.67 Å². The molecular weight excluding hydrogens is 192 g/mol. The topological polar surface area (TPSA) is 52.0 Å². The molecule has 0 aliphatic carbocycles. The van der Waals surface area contributed by atoms with Crippen LogP contribution in [0.1, 0.15) is 25.6 Å². The Morgan fingerprint density at radius 1 is 1.67 bits per heavy atom. The number of hydrogen-bond acceptors (Lipinski definition) is 4. The van der Waals surface area contributed by atoms with E-state index >= 15 is 0 Å². The van der Waals surface area contributed by atoms with E-state index in [4.69, 9.17) is 4.74 Å². The van der Waals surface area contributed by atoms with Crippen LogP contribution in [0.2, 0.25) is 0 Å². The molecule has 0 spiro atoms. The molecule has 1 N–H and O–H groups in total. The van der Waals surface area contributed by atoms with Crippen LogP contribution in [0.15, 0.2) is 6.33 Å². The van der Waals surface area contributed by atoms with E-state index in [2.05, 4.69) is 22.3 Å². The molecule has 2 rings (SSSR count). The molecule has 0 saturated carbocycles. The minimum Gasteiger partial charge on any atom is -0.369 e. The van der Waals surface area contributed by atoms with E-state index in [1.807, 2.05) is 4.68 Å². The van der Waals surface area contributed by atoms with Gasteiger partial charge in [0.05, 0.1) is 6.10 Å². The molecule has 0 amide bonds. The van der Waals surface area contributed by atoms with Gasteiger partial charge < -0.3 is 10.1 Å². The van der Waals surface area contributed by atoms with Crippen LogP contribution in [0.4, 0.5) is 0 Å². The number of nitrogens with zero attached hydrogens (tertiary/aromatic N) is 3. The van der Waals surface area contributed by atoms with Crippen molar-refractivity contribution in [3.8, 4) is 0 Å². The molecular formula is C10H18N4O. The number of nitrogens with one attached hydrogen (secondary N) is 1. The minimum absolute atomic E-state index is 0.344. The van der Waals surface area contributed by atoms with E-state index < -0.39 is 0 Å². The molecule has 0 bridgehead atoms. The summed E-state index contributed by atoms with van der Waals surface area (Å²) in [6.45, 7) is 5.65. The monoisotopic (exact) mass is 210 g/mol. The highest BCUT2D eigenvalue weighted by molar-refractivity contribution is 4.82. The minimum atomic E-state index is 0.344. The van der Waals surface area contributed by atoms with Crippen LogP contribution < -0.4 is 5.32 Å². The molecule has 5 nitrogen and oxygen atoms in total. The van der Waals surface area contributed by atoms with Crippen molar-refractivity contribution in [1.82, 2.24) is 20.1 Å². The molecule has 5 heteroatoms. The van der Waals surface area contributed by atoms with Gasteiger partial charge in [0.25, 0.3) is 0 Å². The molecule has 1 saturated heterocycles. The first-order valence-electron chi connectivity index (χ1n) is 5.59. The van der Waals surface area contributed by atoms with Crippen molar-refractivity contribution in [3.05, 3.63) is 12.2 Å². The fourth-order valence-electron chi connectivity index (χ4n) is 1.76. The predicted molar refractivity (Wildman–Crippen MR) is 56.4 cm³/mol. The zero-order chi connectivity index (χ0) is 10.5. The van der Waals surface area contributed by atoms with Crippen LogP contribution in [-0.2, 0) is 17.9 Å². The number of ether oxygens (including phenoxy) is 1. The van der Waals surface area contributed by atoms with Gasteiger partial charge in [0.15, 0.2) is 5.82 Å². The molecule has 84 valence electrons. The Labute approximate surface area is 89.8 Å². The average molecular weight is 210 g/mol. The van der Waals surface area contributed by atoms with Crippen molar-refractivity contribution in [1.29, 1.82) is 0 Å². The maximum absolute atomic E-state index is 5.75. The molecule has 1 aromatic heterocycles. The fraction of sp³-hybridized carbons (Fsp3) is 0.800. The van der Waals surface area contributed by atoms with E-state index in [0.717, 1.165) is 38.3 Å². The molecule has 1 aliphatic heterocycles. The van der Waals surface area contributed by atoms with Gasteiger partial charge in [0.2, 0.25) is 0 Å². The highest BCUT2D eigenvalue weighted by Gasteiger charge is 2.15. The lowest BCUT2D eigenvalue weighted by Crippen LogP contribution is -2.18. The van der Waals surface area contributed by atoms with Gasteiger partial charge in [-0.3, -0.25) is 0 Å². The zero-order valence-corrected chi connectivity index (χ0v) is 9.15. The van der Waals surface area contributed by atoms with E-state index in [0.29, 0.717) is 12.7 Å².